The number of benzene rings is 8. The van der Waals surface area contributed by atoms with E-state index in [2.05, 4.69) is 33.0 Å². The van der Waals surface area contributed by atoms with Crippen LogP contribution in [0.2, 0.25) is 0 Å². The first-order valence-electron chi connectivity index (χ1n) is 27.6. The highest BCUT2D eigenvalue weighted by Gasteiger charge is 2.31. The zero-order valence-corrected chi connectivity index (χ0v) is 36.5. The molecule has 0 radical (unpaired) electrons. The van der Waals surface area contributed by atoms with Crippen LogP contribution in [-0.2, 0) is 6.37 Å². The predicted octanol–water partition coefficient (Wildman–Crippen LogP) is 16.3. The van der Waals surface area contributed by atoms with Gasteiger partial charge in [0.25, 0.3) is 0 Å². The van der Waals surface area contributed by atoms with Crippen molar-refractivity contribution in [2.24, 2.45) is 5.92 Å². The van der Waals surface area contributed by atoms with E-state index in [1.807, 2.05) is 132 Å². The van der Waals surface area contributed by atoms with Gasteiger partial charge in [-0.25, -0.2) is 4.98 Å². The number of fused-ring (bicyclic) bond motifs is 4. The van der Waals surface area contributed by atoms with Gasteiger partial charge in [-0.3, -0.25) is 4.57 Å². The molecular formula is C61H52N4O. The summed E-state index contributed by atoms with van der Waals surface area (Å²) in [6.07, 6.45) is -0.300. The summed E-state index contributed by atoms with van der Waals surface area (Å²) < 4.78 is 103. The Morgan fingerprint density at radius 2 is 1.27 bits per heavy atom. The number of hydrogen-bond acceptors (Lipinski definition) is 4. The average molecular weight is 868 g/mol. The van der Waals surface area contributed by atoms with Crippen LogP contribution in [0.25, 0.3) is 61.0 Å². The maximum absolute atomic E-state index is 8.86. The molecule has 1 aliphatic rings. The van der Waals surface area contributed by atoms with E-state index in [1.165, 1.54) is 18.3 Å². The Balaban J connectivity index is 0.993. The lowest BCUT2D eigenvalue weighted by Gasteiger charge is -2.27. The molecule has 8 aromatic carbocycles. The van der Waals surface area contributed by atoms with Crippen molar-refractivity contribution in [1.29, 1.82) is 0 Å². The molecule has 3 heterocycles. The van der Waals surface area contributed by atoms with Crippen molar-refractivity contribution in [2.75, 3.05) is 16.5 Å². The molecule has 2 aromatic heterocycles. The highest BCUT2D eigenvalue weighted by atomic mass is 16.5. The third kappa shape index (κ3) is 7.46. The third-order valence-corrected chi connectivity index (χ3v) is 12.2. The van der Waals surface area contributed by atoms with Crippen molar-refractivity contribution in [2.45, 2.75) is 40.8 Å². The lowest BCUT2D eigenvalue weighted by molar-refractivity contribution is 0.483. The van der Waals surface area contributed by atoms with Crippen LogP contribution in [0.4, 0.5) is 22.7 Å². The van der Waals surface area contributed by atoms with Crippen molar-refractivity contribution in [3.8, 4) is 50.7 Å². The number of rotatable bonds is 10. The van der Waals surface area contributed by atoms with Crippen LogP contribution < -0.4 is 14.5 Å². The van der Waals surface area contributed by atoms with Crippen molar-refractivity contribution in [3.05, 3.63) is 217 Å². The summed E-state index contributed by atoms with van der Waals surface area (Å²) in [5.74, 6) is 1.19. The number of hydrogen-bond donors (Lipinski definition) is 0. The second-order valence-electron chi connectivity index (χ2n) is 16.9. The summed E-state index contributed by atoms with van der Waals surface area (Å²) in [6, 6.07) is 58.6. The fraction of sp³-hybridized carbons (Fsp3) is 0.131. The largest absolute Gasteiger partial charge is 0.457 e. The summed E-state index contributed by atoms with van der Waals surface area (Å²) in [6.45, 7) is -3.82. The molecule has 0 fully saturated rings. The summed E-state index contributed by atoms with van der Waals surface area (Å²) in [7, 11) is 0. The Kier molecular flexibility index (Phi) is 7.76. The summed E-state index contributed by atoms with van der Waals surface area (Å²) in [5.41, 5.74) is 9.11. The van der Waals surface area contributed by atoms with E-state index >= 15 is 0 Å². The first-order chi connectivity index (χ1) is 36.7. The van der Waals surface area contributed by atoms with Crippen LogP contribution in [0.5, 0.6) is 11.5 Å². The van der Waals surface area contributed by atoms with Crippen molar-refractivity contribution in [1.82, 2.24) is 9.55 Å². The minimum atomic E-state index is -2.67. The van der Waals surface area contributed by atoms with Gasteiger partial charge < -0.3 is 14.5 Å². The highest BCUT2D eigenvalue weighted by molar-refractivity contribution is 6.09. The SMILES string of the molecule is [2H]C([2H])([2H])c1ccnc(-n2c3ccccc3c3ccc(Oc4cccc(N5CN(c6c(-c7ccccc7)cccc6-c6ccc(-c7ccc(C([2H])([2H])C(C)C)cc7C([2H])([2H])[2H])c(C([2H])([2H])[2H])c6)c6ccccc65)c4)cc32)c1. The van der Waals surface area contributed by atoms with Crippen LogP contribution in [0, 0.1) is 26.5 Å². The van der Waals surface area contributed by atoms with E-state index in [-0.39, 0.29) is 33.4 Å². The molecule has 0 saturated carbocycles. The molecular weight excluding hydrogens is 805 g/mol. The molecule has 0 spiro atoms. The third-order valence-electron chi connectivity index (χ3n) is 12.2. The molecule has 1 aliphatic heterocycles. The first-order valence-corrected chi connectivity index (χ1v) is 22.1. The van der Waals surface area contributed by atoms with Crippen molar-refractivity contribution in [3.63, 3.8) is 0 Å². The van der Waals surface area contributed by atoms with Gasteiger partial charge >= 0.3 is 0 Å². The standard InChI is InChI=1S/C61H52N4O/c1-40(2)33-44-25-28-50(42(4)35-44)51-29-26-46(36-43(51)5)53-21-14-20-52(45-15-7-6-8-16-45)61(53)64-39-63(57-23-11-12-24-58(57)64)47-17-13-18-48(37-47)66-49-27-30-55-54-19-9-10-22-56(54)65(59(55)38-49)60-34-41(3)31-32-62-60/h6-32,34-38,40H,33,39H2,1-5H3/i3D3,4D3,5D3,33D2. The van der Waals surface area contributed by atoms with Crippen molar-refractivity contribution < 1.29 is 19.8 Å². The Morgan fingerprint density at radius 1 is 0.561 bits per heavy atom. The topological polar surface area (TPSA) is 33.5 Å². The van der Waals surface area contributed by atoms with E-state index < -0.39 is 32.8 Å². The Morgan fingerprint density at radius 3 is 2.09 bits per heavy atom. The van der Waals surface area contributed by atoms with Gasteiger partial charge in [0.2, 0.25) is 0 Å². The molecule has 0 atom stereocenters. The molecule has 5 nitrogen and oxygen atoms in total. The first kappa shape index (κ1) is 30.3. The number of para-hydroxylation sites is 4. The normalized spacial score (nSPS) is 15.7. The molecule has 0 saturated heterocycles. The molecule has 5 heteroatoms. The fourth-order valence-corrected chi connectivity index (χ4v) is 9.35. The van der Waals surface area contributed by atoms with Crippen LogP contribution in [0.15, 0.2) is 194 Å². The van der Waals surface area contributed by atoms with Gasteiger partial charge in [-0.2, -0.15) is 0 Å². The van der Waals surface area contributed by atoms with Crippen LogP contribution in [-0.4, -0.2) is 16.2 Å². The van der Waals surface area contributed by atoms with E-state index in [4.69, 9.17) is 19.8 Å². The zero-order chi connectivity index (χ0) is 54.2. The highest BCUT2D eigenvalue weighted by Crippen LogP contribution is 2.51. The smallest absolute Gasteiger partial charge is 0.137 e. The molecule has 0 bridgehead atoms. The maximum Gasteiger partial charge on any atom is 0.137 e. The van der Waals surface area contributed by atoms with Gasteiger partial charge in [0.1, 0.15) is 24.0 Å². The van der Waals surface area contributed by atoms with E-state index in [0.717, 1.165) is 61.2 Å². The van der Waals surface area contributed by atoms with E-state index in [0.29, 0.717) is 29.5 Å². The Hall–Kier alpha value is -7.89. The molecule has 11 rings (SSSR count). The molecule has 66 heavy (non-hydrogen) atoms. The van der Waals surface area contributed by atoms with Crippen LogP contribution in [0.3, 0.4) is 0 Å². The van der Waals surface area contributed by atoms with Gasteiger partial charge in [0.05, 0.1) is 28.1 Å². The molecule has 322 valence electrons. The van der Waals surface area contributed by atoms with Crippen LogP contribution >= 0.6 is 0 Å². The number of anilines is 4. The number of pyridine rings is 1. The van der Waals surface area contributed by atoms with E-state index in [1.54, 1.807) is 44.2 Å². The lowest BCUT2D eigenvalue weighted by atomic mass is 9.90. The van der Waals surface area contributed by atoms with Gasteiger partial charge in [-0.15, -0.1) is 0 Å². The molecule has 0 N–H and O–H groups in total. The number of aromatic nitrogens is 2. The van der Waals surface area contributed by atoms with Crippen LogP contribution in [0.1, 0.15) is 51.2 Å². The molecule has 0 amide bonds. The van der Waals surface area contributed by atoms with E-state index in [9.17, 15) is 0 Å². The fourth-order valence-electron chi connectivity index (χ4n) is 9.35. The number of aryl methyl sites for hydroxylation is 3. The zero-order valence-electron chi connectivity index (χ0n) is 47.5. The quantitative estimate of drug-likeness (QED) is 0.137. The maximum atomic E-state index is 8.86. The average Bonchev–Trinajstić information content (AvgIpc) is 4.08. The Labute approximate surface area is 403 Å². The Bertz CT molecular complexity index is 3880. The minimum Gasteiger partial charge on any atom is -0.457 e. The van der Waals surface area contributed by atoms with Crippen molar-refractivity contribution >= 4 is 44.6 Å². The second-order valence-corrected chi connectivity index (χ2v) is 16.9. The second kappa shape index (κ2) is 16.9. The summed E-state index contributed by atoms with van der Waals surface area (Å²) in [4.78, 5) is 9.06. The number of nitrogens with zero attached hydrogens (tertiary/aromatic N) is 4. The lowest BCUT2D eigenvalue weighted by Crippen LogP contribution is -2.25. The number of ether oxygens (including phenoxy) is 1. The van der Waals surface area contributed by atoms with Gasteiger partial charge in [-0.05, 0) is 132 Å². The summed E-state index contributed by atoms with van der Waals surface area (Å²) in [5, 5.41) is 1.94. The monoisotopic (exact) mass is 867 g/mol. The van der Waals surface area contributed by atoms with Gasteiger partial charge in [0.15, 0.2) is 0 Å². The van der Waals surface area contributed by atoms with Gasteiger partial charge in [0, 0.05) is 61.0 Å². The molecule has 0 unspecified atom stereocenters. The molecule has 0 aliphatic carbocycles. The van der Waals surface area contributed by atoms with Gasteiger partial charge in [-0.1, -0.05) is 135 Å². The predicted molar refractivity (Wildman–Crippen MR) is 276 cm³/mol. The molecule has 10 aromatic rings. The summed E-state index contributed by atoms with van der Waals surface area (Å²) >= 11 is 0. The minimum absolute atomic E-state index is 0.0311.